The molecule has 0 radical (unpaired) electrons. The molecule has 19 heavy (non-hydrogen) atoms. The van der Waals surface area contributed by atoms with Gasteiger partial charge in [0.25, 0.3) is 5.91 Å². The van der Waals surface area contributed by atoms with Gasteiger partial charge in [-0.05, 0) is 25.5 Å². The monoisotopic (exact) mass is 268 g/mol. The number of hydrogen-bond acceptors (Lipinski definition) is 3. The Morgan fingerprint density at radius 2 is 2.16 bits per heavy atom. The van der Waals surface area contributed by atoms with Crippen LogP contribution >= 0.6 is 0 Å². The van der Waals surface area contributed by atoms with Crippen molar-refractivity contribution in [3.05, 3.63) is 30.1 Å². The second-order valence-corrected chi connectivity index (χ2v) is 4.08. The van der Waals surface area contributed by atoms with Crippen LogP contribution in [0.1, 0.15) is 20.3 Å². The largest absolute Gasteiger partial charge is 0.484 e. The second-order valence-electron chi connectivity index (χ2n) is 4.08. The summed E-state index contributed by atoms with van der Waals surface area (Å²) >= 11 is 0. The molecule has 6 heteroatoms. The minimum atomic E-state index is -0.593. The van der Waals surface area contributed by atoms with E-state index in [0.717, 1.165) is 12.5 Å². The van der Waals surface area contributed by atoms with Gasteiger partial charge in [0, 0.05) is 12.1 Å². The van der Waals surface area contributed by atoms with Gasteiger partial charge < -0.3 is 10.1 Å². The van der Waals surface area contributed by atoms with E-state index in [4.69, 9.17) is 4.74 Å². The number of benzene rings is 1. The Morgan fingerprint density at radius 1 is 1.42 bits per heavy atom. The summed E-state index contributed by atoms with van der Waals surface area (Å²) < 4.78 is 17.9. The number of urea groups is 1. The van der Waals surface area contributed by atoms with Gasteiger partial charge in [0.1, 0.15) is 11.6 Å². The minimum absolute atomic E-state index is 0.0167. The third-order valence-electron chi connectivity index (χ3n) is 2.41. The van der Waals surface area contributed by atoms with Gasteiger partial charge in [-0.25, -0.2) is 9.18 Å². The maximum absolute atomic E-state index is 12.8. The van der Waals surface area contributed by atoms with Gasteiger partial charge in [0.05, 0.1) is 0 Å². The molecule has 1 aromatic carbocycles. The highest BCUT2D eigenvalue weighted by molar-refractivity contribution is 5.95. The van der Waals surface area contributed by atoms with Crippen molar-refractivity contribution in [2.75, 3.05) is 6.61 Å². The molecule has 0 unspecified atom stereocenters. The summed E-state index contributed by atoms with van der Waals surface area (Å²) in [4.78, 5) is 22.7. The van der Waals surface area contributed by atoms with Crippen molar-refractivity contribution < 1.29 is 18.7 Å². The number of halogens is 1. The van der Waals surface area contributed by atoms with Gasteiger partial charge in [-0.2, -0.15) is 0 Å². The Hall–Kier alpha value is -2.11. The molecule has 0 aliphatic carbocycles. The molecule has 1 atom stereocenters. The Morgan fingerprint density at radius 3 is 2.79 bits per heavy atom. The van der Waals surface area contributed by atoms with Gasteiger partial charge in [0.2, 0.25) is 0 Å². The highest BCUT2D eigenvalue weighted by Crippen LogP contribution is 2.11. The summed E-state index contributed by atoms with van der Waals surface area (Å²) in [5.41, 5.74) is 0. The lowest BCUT2D eigenvalue weighted by molar-refractivity contribution is -0.122. The molecule has 0 aliphatic heterocycles. The molecule has 5 nitrogen and oxygen atoms in total. The predicted octanol–water partition coefficient (Wildman–Crippen LogP) is 1.83. The highest BCUT2D eigenvalue weighted by Gasteiger charge is 2.10. The molecule has 2 N–H and O–H groups in total. The van der Waals surface area contributed by atoms with Crippen LogP contribution in [0.4, 0.5) is 9.18 Å². The van der Waals surface area contributed by atoms with Gasteiger partial charge in [-0.1, -0.05) is 13.0 Å². The Bertz CT molecular complexity index is 451. The number of imide groups is 1. The maximum atomic E-state index is 12.8. The van der Waals surface area contributed by atoms with E-state index in [1.807, 2.05) is 13.8 Å². The zero-order valence-electron chi connectivity index (χ0n) is 10.9. The normalized spacial score (nSPS) is 11.5. The molecule has 0 aliphatic rings. The van der Waals surface area contributed by atoms with E-state index in [0.29, 0.717) is 0 Å². The van der Waals surface area contributed by atoms with E-state index in [-0.39, 0.29) is 18.4 Å². The Labute approximate surface area is 111 Å². The maximum Gasteiger partial charge on any atom is 0.321 e. The van der Waals surface area contributed by atoms with Gasteiger partial charge in [0.15, 0.2) is 6.61 Å². The van der Waals surface area contributed by atoms with Crippen LogP contribution in [0, 0.1) is 5.82 Å². The van der Waals surface area contributed by atoms with E-state index in [1.165, 1.54) is 18.2 Å². The van der Waals surface area contributed by atoms with Crippen LogP contribution in [-0.2, 0) is 4.79 Å². The lowest BCUT2D eigenvalue weighted by Crippen LogP contribution is -2.44. The Balaban J connectivity index is 2.34. The Kier molecular flexibility index (Phi) is 5.78. The lowest BCUT2D eigenvalue weighted by Gasteiger charge is -2.12. The molecule has 1 aromatic rings. The fraction of sp³-hybridized carbons (Fsp3) is 0.385. The number of amides is 3. The number of hydrogen-bond donors (Lipinski definition) is 2. The van der Waals surface area contributed by atoms with Gasteiger partial charge in [-0.15, -0.1) is 0 Å². The van der Waals surface area contributed by atoms with E-state index in [1.54, 1.807) is 0 Å². The van der Waals surface area contributed by atoms with Crippen molar-refractivity contribution in [3.63, 3.8) is 0 Å². The van der Waals surface area contributed by atoms with E-state index in [9.17, 15) is 14.0 Å². The number of rotatable bonds is 5. The fourth-order valence-electron chi connectivity index (χ4n) is 1.23. The first-order valence-electron chi connectivity index (χ1n) is 6.00. The zero-order valence-corrected chi connectivity index (χ0v) is 10.9. The fourth-order valence-corrected chi connectivity index (χ4v) is 1.23. The SMILES string of the molecule is CC[C@H](C)NC(=O)NC(=O)COc1cccc(F)c1. The predicted molar refractivity (Wildman–Crippen MR) is 68.3 cm³/mol. The van der Waals surface area contributed by atoms with Crippen LogP contribution in [0.3, 0.4) is 0 Å². The van der Waals surface area contributed by atoms with Crippen molar-refractivity contribution in [1.29, 1.82) is 0 Å². The molecule has 0 saturated heterocycles. The van der Waals surface area contributed by atoms with Gasteiger partial charge in [-0.3, -0.25) is 10.1 Å². The van der Waals surface area contributed by atoms with E-state index < -0.39 is 17.8 Å². The first-order chi connectivity index (χ1) is 9.01. The van der Waals surface area contributed by atoms with Crippen molar-refractivity contribution in [3.8, 4) is 5.75 Å². The van der Waals surface area contributed by atoms with E-state index in [2.05, 4.69) is 10.6 Å². The summed E-state index contributed by atoms with van der Waals surface area (Å²) in [7, 11) is 0. The van der Waals surface area contributed by atoms with Crippen molar-refractivity contribution in [1.82, 2.24) is 10.6 Å². The first kappa shape index (κ1) is 14.9. The summed E-state index contributed by atoms with van der Waals surface area (Å²) in [6, 6.07) is 4.84. The highest BCUT2D eigenvalue weighted by atomic mass is 19.1. The quantitative estimate of drug-likeness (QED) is 0.856. The summed E-state index contributed by atoms with van der Waals surface area (Å²) in [6.07, 6.45) is 0.765. The van der Waals surface area contributed by atoms with Crippen LogP contribution in [0.25, 0.3) is 0 Å². The van der Waals surface area contributed by atoms with Crippen molar-refractivity contribution in [2.45, 2.75) is 26.3 Å². The van der Waals surface area contributed by atoms with Crippen LogP contribution < -0.4 is 15.4 Å². The molecule has 1 rings (SSSR count). The van der Waals surface area contributed by atoms with Crippen LogP contribution in [0.15, 0.2) is 24.3 Å². The average molecular weight is 268 g/mol. The number of ether oxygens (including phenoxy) is 1. The molecule has 0 heterocycles. The molecule has 0 saturated carbocycles. The third kappa shape index (κ3) is 5.85. The molecule has 0 fully saturated rings. The first-order valence-corrected chi connectivity index (χ1v) is 6.00. The smallest absolute Gasteiger partial charge is 0.321 e. The van der Waals surface area contributed by atoms with Gasteiger partial charge >= 0.3 is 6.03 Å². The summed E-state index contributed by atoms with van der Waals surface area (Å²) in [5, 5.41) is 4.70. The zero-order chi connectivity index (χ0) is 14.3. The lowest BCUT2D eigenvalue weighted by atomic mass is 10.3. The molecule has 3 amide bonds. The van der Waals surface area contributed by atoms with Crippen LogP contribution in [0.2, 0.25) is 0 Å². The molecule has 0 aromatic heterocycles. The standard InChI is InChI=1S/C13H17FN2O3/c1-3-9(2)15-13(18)16-12(17)8-19-11-6-4-5-10(14)7-11/h4-7,9H,3,8H2,1-2H3,(H2,15,16,17,18)/t9-/m0/s1. The van der Waals surface area contributed by atoms with Crippen LogP contribution in [-0.4, -0.2) is 24.6 Å². The van der Waals surface area contributed by atoms with Crippen molar-refractivity contribution in [2.24, 2.45) is 0 Å². The molecule has 104 valence electrons. The number of carbonyl (C=O) groups excluding carboxylic acids is 2. The minimum Gasteiger partial charge on any atom is -0.484 e. The number of carbonyl (C=O) groups is 2. The summed E-state index contributed by atoms with van der Waals surface area (Å²) in [6.45, 7) is 3.39. The second kappa shape index (κ2) is 7.35. The van der Waals surface area contributed by atoms with Crippen LogP contribution in [0.5, 0.6) is 5.75 Å². The molecule has 0 spiro atoms. The molecule has 0 bridgehead atoms. The molecular formula is C13H17FN2O3. The molecular weight excluding hydrogens is 251 g/mol. The average Bonchev–Trinajstić information content (AvgIpc) is 2.36. The van der Waals surface area contributed by atoms with Crippen molar-refractivity contribution >= 4 is 11.9 Å². The number of nitrogens with one attached hydrogen (secondary N) is 2. The van der Waals surface area contributed by atoms with E-state index >= 15 is 0 Å². The topological polar surface area (TPSA) is 67.4 Å². The third-order valence-corrected chi connectivity index (χ3v) is 2.41. The summed E-state index contributed by atoms with van der Waals surface area (Å²) in [5.74, 6) is -0.810.